The van der Waals surface area contributed by atoms with Crippen LogP contribution in [0.5, 0.6) is 0 Å². The Hall–Kier alpha value is -2.09. The maximum Gasteiger partial charge on any atom is 0.239 e. The lowest BCUT2D eigenvalue weighted by Crippen LogP contribution is -2.36. The summed E-state index contributed by atoms with van der Waals surface area (Å²) in [5.74, 6) is -0.0991. The predicted octanol–water partition coefficient (Wildman–Crippen LogP) is 3.34. The third-order valence-electron chi connectivity index (χ3n) is 5.16. The molecule has 0 saturated carbocycles. The van der Waals surface area contributed by atoms with Gasteiger partial charge in [0.25, 0.3) is 0 Å². The number of sulfonamides is 1. The zero-order valence-electron chi connectivity index (χ0n) is 16.6. The Labute approximate surface area is 177 Å². The largest absolute Gasteiger partial charge is 0.376 e. The number of nitrogens with one attached hydrogen (secondary N) is 2. The fourth-order valence-corrected chi connectivity index (χ4v) is 4.49. The third-order valence-corrected chi connectivity index (χ3v) is 6.66. The van der Waals surface area contributed by atoms with Gasteiger partial charge in [-0.3, -0.25) is 4.79 Å². The number of amides is 1. The number of rotatable bonds is 7. The van der Waals surface area contributed by atoms with Gasteiger partial charge in [0.15, 0.2) is 0 Å². The lowest BCUT2D eigenvalue weighted by Gasteiger charge is -2.28. The number of benzene rings is 2. The summed E-state index contributed by atoms with van der Waals surface area (Å²) in [5, 5.41) is 6.93. The predicted molar refractivity (Wildman–Crippen MR) is 117 cm³/mol. The highest BCUT2D eigenvalue weighted by molar-refractivity contribution is 7.88. The van der Waals surface area contributed by atoms with E-state index in [1.54, 1.807) is 0 Å². The highest BCUT2D eigenvalue weighted by Gasteiger charge is 2.24. The van der Waals surface area contributed by atoms with E-state index in [0.29, 0.717) is 24.5 Å². The smallest absolute Gasteiger partial charge is 0.239 e. The monoisotopic (exact) mass is 435 g/mol. The van der Waals surface area contributed by atoms with E-state index >= 15 is 0 Å². The molecule has 1 atom stereocenters. The molecule has 29 heavy (non-hydrogen) atoms. The van der Waals surface area contributed by atoms with Crippen molar-refractivity contribution in [1.82, 2.24) is 9.62 Å². The van der Waals surface area contributed by atoms with Crippen molar-refractivity contribution < 1.29 is 13.2 Å². The van der Waals surface area contributed by atoms with E-state index in [4.69, 9.17) is 11.6 Å². The van der Waals surface area contributed by atoms with Gasteiger partial charge in [-0.1, -0.05) is 42.8 Å². The van der Waals surface area contributed by atoms with Crippen molar-refractivity contribution in [2.75, 3.05) is 24.7 Å². The van der Waals surface area contributed by atoms with Gasteiger partial charge < -0.3 is 10.6 Å². The number of halogens is 1. The SMILES string of the molecule is CCC(NC(=O)CNc1cccc2c1CCN(S(C)(=O)=O)C2)c1ccc(Cl)cc1. The van der Waals surface area contributed by atoms with Crippen molar-refractivity contribution in [3.8, 4) is 0 Å². The molecular formula is C21H26ClN3O3S. The quantitative estimate of drug-likeness (QED) is 0.699. The third kappa shape index (κ3) is 5.50. The maximum absolute atomic E-state index is 12.5. The van der Waals surface area contributed by atoms with Crippen molar-refractivity contribution in [3.05, 3.63) is 64.2 Å². The Morgan fingerprint density at radius 3 is 2.59 bits per heavy atom. The van der Waals surface area contributed by atoms with E-state index in [-0.39, 0.29) is 18.5 Å². The summed E-state index contributed by atoms with van der Waals surface area (Å²) >= 11 is 5.94. The van der Waals surface area contributed by atoms with Gasteiger partial charge in [-0.25, -0.2) is 8.42 Å². The van der Waals surface area contributed by atoms with Crippen molar-refractivity contribution >= 4 is 33.2 Å². The summed E-state index contributed by atoms with van der Waals surface area (Å²) in [5.41, 5.74) is 3.94. The van der Waals surface area contributed by atoms with Crippen LogP contribution in [-0.2, 0) is 27.8 Å². The molecule has 1 unspecified atom stereocenters. The molecule has 2 aromatic rings. The normalized spacial score (nSPS) is 15.4. The van der Waals surface area contributed by atoms with Crippen molar-refractivity contribution in [3.63, 3.8) is 0 Å². The van der Waals surface area contributed by atoms with E-state index in [0.717, 1.165) is 28.8 Å². The Morgan fingerprint density at radius 2 is 1.93 bits per heavy atom. The average Bonchev–Trinajstić information content (AvgIpc) is 2.70. The zero-order chi connectivity index (χ0) is 21.0. The van der Waals surface area contributed by atoms with Crippen LogP contribution in [0.2, 0.25) is 5.02 Å². The molecule has 0 aromatic heterocycles. The Balaban J connectivity index is 1.63. The van der Waals surface area contributed by atoms with E-state index < -0.39 is 10.0 Å². The number of carbonyl (C=O) groups excluding carboxylic acids is 1. The molecule has 2 N–H and O–H groups in total. The van der Waals surface area contributed by atoms with Crippen LogP contribution in [0.25, 0.3) is 0 Å². The van der Waals surface area contributed by atoms with Gasteiger partial charge in [-0.05, 0) is 47.7 Å². The Kier molecular flexibility index (Phi) is 6.82. The first-order valence-electron chi connectivity index (χ1n) is 9.62. The molecule has 0 radical (unpaired) electrons. The molecular weight excluding hydrogens is 410 g/mol. The van der Waals surface area contributed by atoms with Crippen LogP contribution in [0.15, 0.2) is 42.5 Å². The van der Waals surface area contributed by atoms with E-state index in [1.807, 2.05) is 49.4 Å². The summed E-state index contributed by atoms with van der Waals surface area (Å²) in [6.07, 6.45) is 2.63. The summed E-state index contributed by atoms with van der Waals surface area (Å²) in [4.78, 5) is 12.5. The molecule has 6 nitrogen and oxygen atoms in total. The van der Waals surface area contributed by atoms with Crippen molar-refractivity contribution in [2.24, 2.45) is 0 Å². The molecule has 1 aliphatic rings. The molecule has 0 fully saturated rings. The van der Waals surface area contributed by atoms with Crippen LogP contribution in [0, 0.1) is 0 Å². The van der Waals surface area contributed by atoms with Crippen molar-refractivity contribution in [1.29, 1.82) is 0 Å². The molecule has 8 heteroatoms. The van der Waals surface area contributed by atoms with Crippen LogP contribution < -0.4 is 10.6 Å². The number of anilines is 1. The lowest BCUT2D eigenvalue weighted by atomic mass is 9.99. The second kappa shape index (κ2) is 9.15. The van der Waals surface area contributed by atoms with Gasteiger partial charge in [-0.2, -0.15) is 4.31 Å². The van der Waals surface area contributed by atoms with Crippen LogP contribution in [-0.4, -0.2) is 38.0 Å². The molecule has 0 bridgehead atoms. The molecule has 2 aromatic carbocycles. The molecule has 3 rings (SSSR count). The minimum Gasteiger partial charge on any atom is -0.376 e. The minimum atomic E-state index is -3.21. The van der Waals surface area contributed by atoms with E-state index in [9.17, 15) is 13.2 Å². The van der Waals surface area contributed by atoms with Gasteiger partial charge in [0, 0.05) is 23.8 Å². The van der Waals surface area contributed by atoms with Crippen LogP contribution in [0.1, 0.15) is 36.1 Å². The Bertz CT molecular complexity index is 977. The van der Waals surface area contributed by atoms with E-state index in [2.05, 4.69) is 10.6 Å². The number of nitrogens with zero attached hydrogens (tertiary/aromatic N) is 1. The molecule has 0 aliphatic carbocycles. The number of hydrogen-bond donors (Lipinski definition) is 2. The van der Waals surface area contributed by atoms with Crippen molar-refractivity contribution in [2.45, 2.75) is 32.4 Å². The number of fused-ring (bicyclic) bond motifs is 1. The van der Waals surface area contributed by atoms with Gasteiger partial charge in [0.05, 0.1) is 18.8 Å². The maximum atomic E-state index is 12.5. The number of hydrogen-bond acceptors (Lipinski definition) is 4. The van der Waals surface area contributed by atoms with Gasteiger partial charge >= 0.3 is 0 Å². The number of carbonyl (C=O) groups is 1. The summed E-state index contributed by atoms with van der Waals surface area (Å²) in [7, 11) is -3.21. The average molecular weight is 436 g/mol. The fourth-order valence-electron chi connectivity index (χ4n) is 3.57. The van der Waals surface area contributed by atoms with Crippen LogP contribution in [0.4, 0.5) is 5.69 Å². The molecule has 1 amide bonds. The highest BCUT2D eigenvalue weighted by Crippen LogP contribution is 2.27. The van der Waals surface area contributed by atoms with Crippen LogP contribution in [0.3, 0.4) is 0 Å². The van der Waals surface area contributed by atoms with Gasteiger partial charge in [0.2, 0.25) is 15.9 Å². The first-order chi connectivity index (χ1) is 13.8. The second-order valence-corrected chi connectivity index (χ2v) is 9.64. The topological polar surface area (TPSA) is 78.5 Å². The molecule has 0 spiro atoms. The first kappa shape index (κ1) is 21.6. The fraction of sp³-hybridized carbons (Fsp3) is 0.381. The van der Waals surface area contributed by atoms with Gasteiger partial charge in [0.1, 0.15) is 0 Å². The zero-order valence-corrected chi connectivity index (χ0v) is 18.2. The Morgan fingerprint density at radius 1 is 1.21 bits per heavy atom. The van der Waals surface area contributed by atoms with E-state index in [1.165, 1.54) is 10.6 Å². The molecule has 1 heterocycles. The minimum absolute atomic E-state index is 0.0745. The van der Waals surface area contributed by atoms with Crippen LogP contribution >= 0.6 is 11.6 Å². The summed E-state index contributed by atoms with van der Waals surface area (Å²) in [6.45, 7) is 2.99. The van der Waals surface area contributed by atoms with Gasteiger partial charge in [-0.15, -0.1) is 0 Å². The second-order valence-electron chi connectivity index (χ2n) is 7.22. The summed E-state index contributed by atoms with van der Waals surface area (Å²) in [6, 6.07) is 13.2. The molecule has 156 valence electrons. The lowest BCUT2D eigenvalue weighted by molar-refractivity contribution is -0.120. The first-order valence-corrected chi connectivity index (χ1v) is 11.8. The standard InChI is InChI=1S/C21H26ClN3O3S/c1-3-19(15-7-9-17(22)10-8-15)24-21(26)13-23-20-6-4-5-16-14-25(29(2,27)28)12-11-18(16)20/h4-10,19,23H,3,11-14H2,1-2H3,(H,24,26). The molecule has 1 aliphatic heterocycles. The molecule has 0 saturated heterocycles. The summed E-state index contributed by atoms with van der Waals surface area (Å²) < 4.78 is 25.1. The highest BCUT2D eigenvalue weighted by atomic mass is 35.5.